The number of unbranched alkanes of at least 4 members (excludes halogenated alkanes) is 3. The molecule has 0 radical (unpaired) electrons. The molecule has 0 amide bonds. The van der Waals surface area contributed by atoms with Crippen molar-refractivity contribution < 1.29 is 18.9 Å². The molecule has 0 unspecified atom stereocenters. The van der Waals surface area contributed by atoms with Gasteiger partial charge in [-0.1, -0.05) is 33.1 Å². The van der Waals surface area contributed by atoms with Crippen LogP contribution in [0.1, 0.15) is 46.0 Å². The molecule has 0 saturated carbocycles. The predicted molar refractivity (Wildman–Crippen MR) is 56.2 cm³/mol. The summed E-state index contributed by atoms with van der Waals surface area (Å²) in [6.45, 7) is 12.0. The van der Waals surface area contributed by atoms with Crippen molar-refractivity contribution in [3.8, 4) is 0 Å². The zero-order valence-electron chi connectivity index (χ0n) is 9.81. The second-order valence-electron chi connectivity index (χ2n) is 3.35. The Hall–Kier alpha value is 0.557. The van der Waals surface area contributed by atoms with Crippen LogP contribution in [0.2, 0.25) is 0 Å². The van der Waals surface area contributed by atoms with Crippen molar-refractivity contribution in [1.82, 2.24) is 4.90 Å². The molecule has 0 rings (SSSR count). The van der Waals surface area contributed by atoms with Gasteiger partial charge in [-0.05, 0) is 26.1 Å². The summed E-state index contributed by atoms with van der Waals surface area (Å²) in [5, 5.41) is 0. The minimum atomic E-state index is 0. The molecule has 0 fully saturated rings. The monoisotopic (exact) mass is 177 g/mol. The molecule has 0 aliphatic rings. The zero-order chi connectivity index (χ0) is 9.23. The van der Waals surface area contributed by atoms with Gasteiger partial charge in [-0.3, -0.25) is 0 Å². The van der Waals surface area contributed by atoms with E-state index < -0.39 is 0 Å². The third-order valence-electron chi connectivity index (χ3n) is 2.25. The molecular formula is C11H24LiN. The smallest absolute Gasteiger partial charge is 0.342 e. The van der Waals surface area contributed by atoms with E-state index in [9.17, 15) is 0 Å². The first-order valence-electron chi connectivity index (χ1n) is 5.36. The Balaban J connectivity index is 0. The van der Waals surface area contributed by atoms with Crippen LogP contribution < -0.4 is 18.9 Å². The summed E-state index contributed by atoms with van der Waals surface area (Å²) in [5.74, 6) is 0. The first-order chi connectivity index (χ1) is 5.85. The maximum atomic E-state index is 3.88. The van der Waals surface area contributed by atoms with E-state index in [1.165, 1.54) is 45.3 Å². The molecule has 2 heteroatoms. The van der Waals surface area contributed by atoms with Gasteiger partial charge in [-0.15, -0.1) is 0 Å². The fourth-order valence-corrected chi connectivity index (χ4v) is 1.41. The summed E-state index contributed by atoms with van der Waals surface area (Å²) in [5.41, 5.74) is 0. The van der Waals surface area contributed by atoms with E-state index in [2.05, 4.69) is 25.7 Å². The number of hydrogen-bond donors (Lipinski definition) is 0. The molecule has 0 aromatic heterocycles. The summed E-state index contributed by atoms with van der Waals surface area (Å²) >= 11 is 0. The van der Waals surface area contributed by atoms with Crippen molar-refractivity contribution in [1.29, 1.82) is 0 Å². The molecule has 0 heterocycles. The molecule has 0 aromatic rings. The molecule has 0 aliphatic carbocycles. The van der Waals surface area contributed by atoms with E-state index in [4.69, 9.17) is 0 Å². The first-order valence-corrected chi connectivity index (χ1v) is 5.36. The summed E-state index contributed by atoms with van der Waals surface area (Å²) in [7, 11) is 0. The molecule has 0 atom stereocenters. The number of rotatable bonds is 8. The fraction of sp³-hybridized carbons (Fsp3) is 0.909. The van der Waals surface area contributed by atoms with Gasteiger partial charge in [0.1, 0.15) is 0 Å². The van der Waals surface area contributed by atoms with Crippen LogP contribution in [0.25, 0.3) is 0 Å². The van der Waals surface area contributed by atoms with Crippen LogP contribution in [0, 0.1) is 6.92 Å². The van der Waals surface area contributed by atoms with E-state index >= 15 is 0 Å². The van der Waals surface area contributed by atoms with Crippen molar-refractivity contribution in [2.75, 3.05) is 19.6 Å². The fourth-order valence-electron chi connectivity index (χ4n) is 1.41. The van der Waals surface area contributed by atoms with Crippen molar-refractivity contribution in [2.45, 2.75) is 46.0 Å². The molecule has 0 N–H and O–H groups in total. The molecule has 0 saturated heterocycles. The van der Waals surface area contributed by atoms with Crippen LogP contribution >= 0.6 is 0 Å². The number of nitrogens with zero attached hydrogens (tertiary/aromatic N) is 1. The molecule has 0 bridgehead atoms. The summed E-state index contributed by atoms with van der Waals surface area (Å²) < 4.78 is 0. The van der Waals surface area contributed by atoms with Gasteiger partial charge in [0.2, 0.25) is 0 Å². The summed E-state index contributed by atoms with van der Waals surface area (Å²) in [4.78, 5) is 2.49. The summed E-state index contributed by atoms with van der Waals surface area (Å²) in [6.07, 6.45) is 6.52. The minimum Gasteiger partial charge on any atom is -0.342 e. The van der Waals surface area contributed by atoms with Crippen LogP contribution in [0.15, 0.2) is 0 Å². The predicted octanol–water partition coefficient (Wildman–Crippen LogP) is 0.117. The molecule has 0 aliphatic heterocycles. The Morgan fingerprint density at radius 1 is 1.00 bits per heavy atom. The van der Waals surface area contributed by atoms with Gasteiger partial charge >= 0.3 is 18.9 Å². The van der Waals surface area contributed by atoms with E-state index in [1.54, 1.807) is 0 Å². The van der Waals surface area contributed by atoms with Crippen LogP contribution in [-0.4, -0.2) is 24.5 Å². The average Bonchev–Trinajstić information content (AvgIpc) is 2.10. The van der Waals surface area contributed by atoms with E-state index in [0.29, 0.717) is 0 Å². The second kappa shape index (κ2) is 12.6. The van der Waals surface area contributed by atoms with E-state index in [-0.39, 0.29) is 18.9 Å². The van der Waals surface area contributed by atoms with Crippen LogP contribution in [0.4, 0.5) is 0 Å². The van der Waals surface area contributed by atoms with E-state index in [0.717, 1.165) is 6.42 Å². The third-order valence-corrected chi connectivity index (χ3v) is 2.25. The Morgan fingerprint density at radius 2 is 1.69 bits per heavy atom. The van der Waals surface area contributed by atoms with Gasteiger partial charge < -0.3 is 11.8 Å². The quantitative estimate of drug-likeness (QED) is 0.289. The van der Waals surface area contributed by atoms with Crippen molar-refractivity contribution in [3.05, 3.63) is 6.92 Å². The third kappa shape index (κ3) is 10.5. The van der Waals surface area contributed by atoms with Crippen molar-refractivity contribution in [2.24, 2.45) is 0 Å². The largest absolute Gasteiger partial charge is 1.00 e. The van der Waals surface area contributed by atoms with Crippen LogP contribution in [-0.2, 0) is 0 Å². The Morgan fingerprint density at radius 3 is 2.15 bits per heavy atom. The Kier molecular flexibility index (Phi) is 15.5. The van der Waals surface area contributed by atoms with Crippen molar-refractivity contribution in [3.63, 3.8) is 0 Å². The average molecular weight is 177 g/mol. The zero-order valence-corrected chi connectivity index (χ0v) is 9.81. The molecule has 0 aromatic carbocycles. The maximum Gasteiger partial charge on any atom is 1.00 e. The van der Waals surface area contributed by atoms with Gasteiger partial charge in [-0.25, -0.2) is 0 Å². The maximum absolute atomic E-state index is 3.88. The molecule has 0 spiro atoms. The van der Waals surface area contributed by atoms with Gasteiger partial charge in [0.05, 0.1) is 0 Å². The minimum absolute atomic E-state index is 0. The van der Waals surface area contributed by atoms with Gasteiger partial charge in [-0.2, -0.15) is 6.42 Å². The molecular weight excluding hydrogens is 153 g/mol. The van der Waals surface area contributed by atoms with Gasteiger partial charge in [0.25, 0.3) is 0 Å². The number of hydrogen-bond acceptors (Lipinski definition) is 1. The Bertz CT molecular complexity index is 86.2. The molecule has 13 heavy (non-hydrogen) atoms. The molecule has 74 valence electrons. The standard InChI is InChI=1S/C11H24N.Li/c1-4-7-8-9-11-12(6-3)10-5-2;/h2,4-11H2,1,3H3;/q-1;+1. The van der Waals surface area contributed by atoms with Crippen molar-refractivity contribution >= 4 is 0 Å². The topological polar surface area (TPSA) is 3.24 Å². The SMILES string of the molecule is [CH2-]CCN(CC)CCCCCC.[Li+]. The van der Waals surface area contributed by atoms with E-state index in [1.807, 2.05) is 0 Å². The molecule has 1 nitrogen and oxygen atoms in total. The van der Waals surface area contributed by atoms with Gasteiger partial charge in [0.15, 0.2) is 0 Å². The second-order valence-corrected chi connectivity index (χ2v) is 3.35. The Labute approximate surface area is 96.4 Å². The summed E-state index contributed by atoms with van der Waals surface area (Å²) in [6, 6.07) is 0. The first kappa shape index (κ1) is 16.0. The normalized spacial score (nSPS) is 10.2. The van der Waals surface area contributed by atoms with Crippen LogP contribution in [0.3, 0.4) is 0 Å². The van der Waals surface area contributed by atoms with Crippen LogP contribution in [0.5, 0.6) is 0 Å². The van der Waals surface area contributed by atoms with Gasteiger partial charge in [0, 0.05) is 0 Å².